The van der Waals surface area contributed by atoms with Crippen LogP contribution in [0.3, 0.4) is 0 Å². The molecule has 146 valence electrons. The molecule has 0 radical (unpaired) electrons. The number of hydrogen-bond acceptors (Lipinski definition) is 3. The molecule has 3 aromatic carbocycles. The zero-order valence-corrected chi connectivity index (χ0v) is 16.1. The van der Waals surface area contributed by atoms with Crippen LogP contribution in [0.5, 0.6) is 5.75 Å². The molecule has 0 aliphatic rings. The monoisotopic (exact) mass is 386 g/mol. The van der Waals surface area contributed by atoms with Crippen LogP contribution in [0, 0.1) is 0 Å². The van der Waals surface area contributed by atoms with Crippen LogP contribution < -0.4 is 15.4 Å². The molecule has 0 aromatic heterocycles. The van der Waals surface area contributed by atoms with Gasteiger partial charge in [-0.25, -0.2) is 0 Å². The molecular formula is C24H22N2O3. The number of rotatable bonds is 7. The van der Waals surface area contributed by atoms with E-state index in [2.05, 4.69) is 10.6 Å². The van der Waals surface area contributed by atoms with E-state index in [1.807, 2.05) is 60.7 Å². The predicted octanol–water partition coefficient (Wildman–Crippen LogP) is 3.78. The fourth-order valence-corrected chi connectivity index (χ4v) is 2.68. The minimum Gasteiger partial charge on any atom is -0.497 e. The van der Waals surface area contributed by atoms with Crippen molar-refractivity contribution < 1.29 is 14.3 Å². The van der Waals surface area contributed by atoms with Crippen molar-refractivity contribution in [1.29, 1.82) is 0 Å². The van der Waals surface area contributed by atoms with E-state index in [1.54, 1.807) is 37.5 Å². The van der Waals surface area contributed by atoms with Gasteiger partial charge in [0.05, 0.1) is 7.11 Å². The number of benzene rings is 3. The lowest BCUT2D eigenvalue weighted by Crippen LogP contribution is -2.34. The van der Waals surface area contributed by atoms with Crippen molar-refractivity contribution in [3.63, 3.8) is 0 Å². The fraction of sp³-hybridized carbons (Fsp3) is 0.0833. The Morgan fingerprint density at radius 1 is 0.862 bits per heavy atom. The number of nitrogens with one attached hydrogen (secondary N) is 2. The van der Waals surface area contributed by atoms with E-state index in [9.17, 15) is 9.59 Å². The topological polar surface area (TPSA) is 67.4 Å². The lowest BCUT2D eigenvalue weighted by atomic mass is 10.1. The Morgan fingerprint density at radius 2 is 1.48 bits per heavy atom. The van der Waals surface area contributed by atoms with E-state index in [1.165, 1.54) is 0 Å². The third-order valence-electron chi connectivity index (χ3n) is 4.25. The van der Waals surface area contributed by atoms with Crippen molar-refractivity contribution in [1.82, 2.24) is 10.6 Å². The van der Waals surface area contributed by atoms with Gasteiger partial charge in [0.1, 0.15) is 11.4 Å². The lowest BCUT2D eigenvalue weighted by Gasteiger charge is -2.12. The first-order valence-electron chi connectivity index (χ1n) is 9.20. The van der Waals surface area contributed by atoms with Crippen molar-refractivity contribution in [2.75, 3.05) is 7.11 Å². The number of ether oxygens (including phenoxy) is 1. The number of carbonyl (C=O) groups is 2. The van der Waals surface area contributed by atoms with Crippen molar-refractivity contribution in [3.05, 3.63) is 107 Å². The molecule has 2 amide bonds. The van der Waals surface area contributed by atoms with Crippen LogP contribution in [-0.4, -0.2) is 18.9 Å². The minimum atomic E-state index is -0.371. The Hall–Kier alpha value is -3.86. The molecule has 0 fully saturated rings. The van der Waals surface area contributed by atoms with Crippen LogP contribution in [0.2, 0.25) is 0 Å². The van der Waals surface area contributed by atoms with E-state index < -0.39 is 0 Å². The molecule has 0 saturated heterocycles. The van der Waals surface area contributed by atoms with Gasteiger partial charge in [-0.1, -0.05) is 60.7 Å². The molecule has 0 aliphatic heterocycles. The van der Waals surface area contributed by atoms with E-state index in [0.717, 1.165) is 11.1 Å². The second-order valence-electron chi connectivity index (χ2n) is 6.32. The average Bonchev–Trinajstić information content (AvgIpc) is 2.78. The summed E-state index contributed by atoms with van der Waals surface area (Å²) < 4.78 is 5.11. The normalized spacial score (nSPS) is 10.9. The van der Waals surface area contributed by atoms with E-state index in [0.29, 0.717) is 17.9 Å². The molecule has 29 heavy (non-hydrogen) atoms. The molecule has 0 unspecified atom stereocenters. The zero-order chi connectivity index (χ0) is 20.5. The van der Waals surface area contributed by atoms with Gasteiger partial charge in [0.15, 0.2) is 0 Å². The highest BCUT2D eigenvalue weighted by Gasteiger charge is 2.14. The first kappa shape index (κ1) is 19.9. The van der Waals surface area contributed by atoms with Crippen molar-refractivity contribution in [3.8, 4) is 5.75 Å². The van der Waals surface area contributed by atoms with Gasteiger partial charge in [-0.15, -0.1) is 0 Å². The van der Waals surface area contributed by atoms with E-state index >= 15 is 0 Å². The lowest BCUT2D eigenvalue weighted by molar-refractivity contribution is -0.117. The van der Waals surface area contributed by atoms with Crippen molar-refractivity contribution >= 4 is 17.9 Å². The van der Waals surface area contributed by atoms with Gasteiger partial charge >= 0.3 is 0 Å². The van der Waals surface area contributed by atoms with Crippen LogP contribution in [0.1, 0.15) is 21.5 Å². The molecule has 0 bridgehead atoms. The maximum absolute atomic E-state index is 12.8. The summed E-state index contributed by atoms with van der Waals surface area (Å²) in [7, 11) is 1.56. The Bertz CT molecular complexity index is 982. The SMILES string of the molecule is COc1ccc(C(=O)N/C(=C/c2ccccc2)C(=O)NCc2ccccc2)cc1. The maximum Gasteiger partial charge on any atom is 0.268 e. The summed E-state index contributed by atoms with van der Waals surface area (Å²) in [5, 5.41) is 5.58. The van der Waals surface area contributed by atoms with Gasteiger partial charge < -0.3 is 15.4 Å². The quantitative estimate of drug-likeness (QED) is 0.607. The Labute approximate surface area is 170 Å². The van der Waals surface area contributed by atoms with Crippen LogP contribution in [0.15, 0.2) is 90.6 Å². The summed E-state index contributed by atoms with van der Waals surface area (Å²) in [5.41, 5.74) is 2.39. The Balaban J connectivity index is 1.77. The smallest absolute Gasteiger partial charge is 0.268 e. The molecule has 0 saturated carbocycles. The summed E-state index contributed by atoms with van der Waals surface area (Å²) >= 11 is 0. The standard InChI is InChI=1S/C24H22N2O3/c1-29-21-14-12-20(13-15-21)23(27)26-22(16-18-8-4-2-5-9-18)24(28)25-17-19-10-6-3-7-11-19/h2-16H,17H2,1H3,(H,25,28)(H,26,27)/b22-16+. The van der Waals surface area contributed by atoms with Gasteiger partial charge in [-0.3, -0.25) is 9.59 Å². The van der Waals surface area contributed by atoms with Crippen molar-refractivity contribution in [2.24, 2.45) is 0 Å². The summed E-state index contributed by atoms with van der Waals surface area (Å²) in [6.07, 6.45) is 1.65. The molecule has 3 aromatic rings. The molecule has 0 spiro atoms. The van der Waals surface area contributed by atoms with Gasteiger partial charge in [-0.2, -0.15) is 0 Å². The summed E-state index contributed by atoms with van der Waals surface area (Å²) in [5.74, 6) is -0.0773. The molecule has 0 heterocycles. The Morgan fingerprint density at radius 3 is 2.10 bits per heavy atom. The Kier molecular flexibility index (Phi) is 6.79. The molecular weight excluding hydrogens is 364 g/mol. The fourth-order valence-electron chi connectivity index (χ4n) is 2.68. The minimum absolute atomic E-state index is 0.174. The highest BCUT2D eigenvalue weighted by molar-refractivity contribution is 6.05. The maximum atomic E-state index is 12.8. The molecule has 2 N–H and O–H groups in total. The first-order chi connectivity index (χ1) is 14.2. The van der Waals surface area contributed by atoms with Crippen LogP contribution >= 0.6 is 0 Å². The van der Waals surface area contributed by atoms with Crippen molar-refractivity contribution in [2.45, 2.75) is 6.54 Å². The predicted molar refractivity (Wildman–Crippen MR) is 113 cm³/mol. The molecule has 5 heteroatoms. The molecule has 0 atom stereocenters. The summed E-state index contributed by atoms with van der Waals surface area (Å²) in [6, 6.07) is 25.7. The number of methoxy groups -OCH3 is 1. The number of hydrogen-bond donors (Lipinski definition) is 2. The largest absolute Gasteiger partial charge is 0.497 e. The summed E-state index contributed by atoms with van der Waals surface area (Å²) in [6.45, 7) is 0.365. The number of carbonyl (C=O) groups excluding carboxylic acids is 2. The van der Waals surface area contributed by atoms with Gasteiger partial charge in [0.25, 0.3) is 11.8 Å². The molecule has 5 nitrogen and oxygen atoms in total. The van der Waals surface area contributed by atoms with Crippen LogP contribution in [0.4, 0.5) is 0 Å². The highest BCUT2D eigenvalue weighted by atomic mass is 16.5. The second-order valence-corrected chi connectivity index (χ2v) is 6.32. The van der Waals surface area contributed by atoms with Gasteiger partial charge in [0.2, 0.25) is 0 Å². The molecule has 0 aliphatic carbocycles. The van der Waals surface area contributed by atoms with E-state index in [4.69, 9.17) is 4.74 Å². The third kappa shape index (κ3) is 5.81. The van der Waals surface area contributed by atoms with E-state index in [-0.39, 0.29) is 17.5 Å². The average molecular weight is 386 g/mol. The summed E-state index contributed by atoms with van der Waals surface area (Å²) in [4.78, 5) is 25.4. The van der Waals surface area contributed by atoms with Crippen LogP contribution in [0.25, 0.3) is 6.08 Å². The highest BCUT2D eigenvalue weighted by Crippen LogP contribution is 2.12. The second kappa shape index (κ2) is 9.90. The van der Waals surface area contributed by atoms with Crippen LogP contribution in [-0.2, 0) is 11.3 Å². The number of amides is 2. The third-order valence-corrected chi connectivity index (χ3v) is 4.25. The zero-order valence-electron chi connectivity index (χ0n) is 16.1. The first-order valence-corrected chi connectivity index (χ1v) is 9.20. The molecule has 3 rings (SSSR count). The van der Waals surface area contributed by atoms with Gasteiger partial charge in [-0.05, 0) is 41.5 Å². The van der Waals surface area contributed by atoms with Gasteiger partial charge in [0, 0.05) is 12.1 Å².